The van der Waals surface area contributed by atoms with E-state index in [1.54, 1.807) is 0 Å². The Kier molecular flexibility index (Phi) is 5.44. The highest BCUT2D eigenvalue weighted by atomic mass is 16.6. The number of carbonyl (C=O) groups is 1. The molecule has 1 aromatic rings. The van der Waals surface area contributed by atoms with Gasteiger partial charge in [0.15, 0.2) is 17.6 Å². The van der Waals surface area contributed by atoms with Crippen LogP contribution in [0.3, 0.4) is 0 Å². The zero-order valence-electron chi connectivity index (χ0n) is 15.1. The number of allylic oxidation sites excluding steroid dienone is 2. The lowest BCUT2D eigenvalue weighted by Crippen LogP contribution is -2.48. The zero-order chi connectivity index (χ0) is 17.8. The van der Waals surface area contributed by atoms with Crippen molar-refractivity contribution in [2.75, 3.05) is 26.3 Å². The zero-order valence-corrected chi connectivity index (χ0v) is 15.1. The van der Waals surface area contributed by atoms with Crippen molar-refractivity contribution >= 4 is 5.91 Å². The van der Waals surface area contributed by atoms with Gasteiger partial charge in [0, 0.05) is 13.2 Å². The molecule has 0 unspecified atom stereocenters. The number of para-hydroxylation sites is 2. The van der Waals surface area contributed by atoms with Gasteiger partial charge in [-0.2, -0.15) is 0 Å². The Balaban J connectivity index is 1.43. The molecule has 0 bridgehead atoms. The van der Waals surface area contributed by atoms with Crippen LogP contribution in [0.4, 0.5) is 0 Å². The van der Waals surface area contributed by atoms with E-state index in [0.29, 0.717) is 25.7 Å². The SMILES string of the molecule is O=C([C@@H]1CCCO1)N(C[C@H]1CC=CCC1)C[C@H]1COc2ccccc2O1. The van der Waals surface area contributed by atoms with E-state index in [2.05, 4.69) is 12.2 Å². The van der Waals surface area contributed by atoms with E-state index in [9.17, 15) is 4.79 Å². The number of benzene rings is 1. The summed E-state index contributed by atoms with van der Waals surface area (Å²) < 4.78 is 17.6. The van der Waals surface area contributed by atoms with Crippen molar-refractivity contribution in [2.45, 2.75) is 44.3 Å². The van der Waals surface area contributed by atoms with Crippen LogP contribution in [0.2, 0.25) is 0 Å². The number of hydrogen-bond donors (Lipinski definition) is 0. The van der Waals surface area contributed by atoms with Gasteiger partial charge in [0.25, 0.3) is 5.91 Å². The number of hydrogen-bond acceptors (Lipinski definition) is 4. The second-order valence-corrected chi connectivity index (χ2v) is 7.39. The number of ether oxygens (including phenoxy) is 3. The molecule has 0 aromatic heterocycles. The number of carbonyl (C=O) groups excluding carboxylic acids is 1. The Labute approximate surface area is 154 Å². The summed E-state index contributed by atoms with van der Waals surface area (Å²) in [7, 11) is 0. The maximum absolute atomic E-state index is 13.0. The predicted octanol–water partition coefficient (Wildman–Crippen LogP) is 3.19. The first-order valence-electron chi connectivity index (χ1n) is 9.73. The number of amides is 1. The molecule has 0 saturated carbocycles. The summed E-state index contributed by atoms with van der Waals surface area (Å²) in [4.78, 5) is 15.0. The number of rotatable bonds is 5. The molecule has 1 saturated heterocycles. The van der Waals surface area contributed by atoms with Crippen LogP contribution in [-0.4, -0.2) is 49.3 Å². The first-order valence-corrected chi connectivity index (χ1v) is 9.73. The fourth-order valence-corrected chi connectivity index (χ4v) is 3.96. The van der Waals surface area contributed by atoms with Gasteiger partial charge in [0.2, 0.25) is 0 Å². The van der Waals surface area contributed by atoms with Gasteiger partial charge in [-0.25, -0.2) is 0 Å². The van der Waals surface area contributed by atoms with Gasteiger partial charge >= 0.3 is 0 Å². The van der Waals surface area contributed by atoms with Crippen molar-refractivity contribution in [1.82, 2.24) is 4.90 Å². The second-order valence-electron chi connectivity index (χ2n) is 7.39. The minimum Gasteiger partial charge on any atom is -0.486 e. The van der Waals surface area contributed by atoms with Gasteiger partial charge in [-0.3, -0.25) is 4.79 Å². The van der Waals surface area contributed by atoms with Gasteiger partial charge in [0.1, 0.15) is 12.7 Å². The molecular weight excluding hydrogens is 330 g/mol. The lowest BCUT2D eigenvalue weighted by atomic mass is 9.93. The fourth-order valence-electron chi connectivity index (χ4n) is 3.96. The molecule has 1 aliphatic carbocycles. The third kappa shape index (κ3) is 4.04. The highest BCUT2D eigenvalue weighted by Crippen LogP contribution is 2.31. The van der Waals surface area contributed by atoms with Gasteiger partial charge < -0.3 is 19.1 Å². The minimum atomic E-state index is -0.286. The molecule has 5 heteroatoms. The smallest absolute Gasteiger partial charge is 0.251 e. The van der Waals surface area contributed by atoms with E-state index in [-0.39, 0.29) is 18.1 Å². The average Bonchev–Trinajstić information content (AvgIpc) is 3.22. The molecule has 3 aliphatic rings. The summed E-state index contributed by atoms with van der Waals surface area (Å²) in [6.07, 6.45) is 9.11. The van der Waals surface area contributed by atoms with Crippen molar-refractivity contribution < 1.29 is 19.0 Å². The van der Waals surface area contributed by atoms with E-state index in [1.165, 1.54) is 0 Å². The monoisotopic (exact) mass is 357 g/mol. The lowest BCUT2D eigenvalue weighted by Gasteiger charge is -2.34. The highest BCUT2D eigenvalue weighted by Gasteiger charge is 2.32. The molecule has 1 aromatic carbocycles. The van der Waals surface area contributed by atoms with Crippen molar-refractivity contribution in [3.63, 3.8) is 0 Å². The molecule has 0 radical (unpaired) electrons. The Morgan fingerprint density at radius 2 is 2.00 bits per heavy atom. The highest BCUT2D eigenvalue weighted by molar-refractivity contribution is 5.81. The molecule has 1 amide bonds. The summed E-state index contributed by atoms with van der Waals surface area (Å²) in [6.45, 7) is 2.47. The largest absolute Gasteiger partial charge is 0.486 e. The van der Waals surface area contributed by atoms with E-state index in [4.69, 9.17) is 14.2 Å². The molecule has 0 spiro atoms. The molecule has 3 atom stereocenters. The first kappa shape index (κ1) is 17.4. The van der Waals surface area contributed by atoms with Gasteiger partial charge in [-0.15, -0.1) is 0 Å². The van der Waals surface area contributed by atoms with E-state index < -0.39 is 0 Å². The summed E-state index contributed by atoms with van der Waals surface area (Å²) >= 11 is 0. The van der Waals surface area contributed by atoms with Crippen LogP contribution in [0.25, 0.3) is 0 Å². The fraction of sp³-hybridized carbons (Fsp3) is 0.571. The Bertz CT molecular complexity index is 653. The standard InChI is InChI=1S/C21H27NO4/c23-21(20-11-6-12-24-20)22(13-16-7-2-1-3-8-16)14-17-15-25-18-9-4-5-10-19(18)26-17/h1-2,4-5,9-10,16-17,20H,3,6-8,11-15H2/t16-,17-,20-/m0/s1. The van der Waals surface area contributed by atoms with Crippen LogP contribution in [0.5, 0.6) is 11.5 Å². The Morgan fingerprint density at radius 3 is 2.77 bits per heavy atom. The first-order chi connectivity index (χ1) is 12.8. The van der Waals surface area contributed by atoms with Crippen LogP contribution < -0.4 is 9.47 Å². The predicted molar refractivity (Wildman–Crippen MR) is 98.4 cm³/mol. The number of nitrogens with zero attached hydrogens (tertiary/aromatic N) is 1. The van der Waals surface area contributed by atoms with Gasteiger partial charge in [0.05, 0.1) is 6.54 Å². The van der Waals surface area contributed by atoms with E-state index in [0.717, 1.165) is 50.1 Å². The average molecular weight is 357 g/mol. The molecule has 4 rings (SSSR count). The van der Waals surface area contributed by atoms with Gasteiger partial charge in [-0.05, 0) is 50.2 Å². The second kappa shape index (κ2) is 8.12. The normalized spacial score (nSPS) is 27.3. The van der Waals surface area contributed by atoms with E-state index >= 15 is 0 Å². The molecular formula is C21H27NO4. The van der Waals surface area contributed by atoms with Crippen molar-refractivity contribution in [1.29, 1.82) is 0 Å². The lowest BCUT2D eigenvalue weighted by molar-refractivity contribution is -0.143. The number of fused-ring (bicyclic) bond motifs is 1. The Morgan fingerprint density at radius 1 is 1.12 bits per heavy atom. The minimum absolute atomic E-state index is 0.111. The third-order valence-electron chi connectivity index (χ3n) is 5.36. The van der Waals surface area contributed by atoms with Crippen LogP contribution in [0.1, 0.15) is 32.1 Å². The maximum Gasteiger partial charge on any atom is 0.251 e. The van der Waals surface area contributed by atoms with Crippen molar-refractivity contribution in [3.05, 3.63) is 36.4 Å². The van der Waals surface area contributed by atoms with Crippen molar-refractivity contribution in [3.8, 4) is 11.5 Å². The topological polar surface area (TPSA) is 48.0 Å². The summed E-state index contributed by atoms with van der Waals surface area (Å²) in [5, 5.41) is 0. The molecule has 140 valence electrons. The third-order valence-corrected chi connectivity index (χ3v) is 5.36. The maximum atomic E-state index is 13.0. The molecule has 5 nitrogen and oxygen atoms in total. The van der Waals surface area contributed by atoms with E-state index in [1.807, 2.05) is 29.2 Å². The molecule has 2 aliphatic heterocycles. The summed E-state index contributed by atoms with van der Waals surface area (Å²) in [5.74, 6) is 2.16. The van der Waals surface area contributed by atoms with Crippen LogP contribution in [0.15, 0.2) is 36.4 Å². The van der Waals surface area contributed by atoms with Crippen LogP contribution >= 0.6 is 0 Å². The summed E-state index contributed by atoms with van der Waals surface area (Å²) in [6, 6.07) is 7.70. The van der Waals surface area contributed by atoms with Gasteiger partial charge in [-0.1, -0.05) is 24.3 Å². The van der Waals surface area contributed by atoms with Crippen LogP contribution in [0, 0.1) is 5.92 Å². The molecule has 26 heavy (non-hydrogen) atoms. The quantitative estimate of drug-likeness (QED) is 0.760. The molecule has 1 fully saturated rings. The van der Waals surface area contributed by atoms with Crippen molar-refractivity contribution in [2.24, 2.45) is 5.92 Å². The molecule has 2 heterocycles. The molecule has 0 N–H and O–H groups in total. The van der Waals surface area contributed by atoms with Crippen LogP contribution in [-0.2, 0) is 9.53 Å². The summed E-state index contributed by atoms with van der Waals surface area (Å²) in [5.41, 5.74) is 0. The Hall–Kier alpha value is -2.01.